The lowest BCUT2D eigenvalue weighted by Gasteiger charge is -2.32. The molecule has 1 aliphatic heterocycles. The van der Waals surface area contributed by atoms with Gasteiger partial charge < -0.3 is 10.6 Å². The maximum atomic E-state index is 12.6. The Hall–Kier alpha value is -2.37. The molecule has 0 aliphatic carbocycles. The summed E-state index contributed by atoms with van der Waals surface area (Å²) in [5.41, 5.74) is 1.58. The van der Waals surface area contributed by atoms with Crippen molar-refractivity contribution in [3.63, 3.8) is 0 Å². The Balaban J connectivity index is 1.66. The summed E-state index contributed by atoms with van der Waals surface area (Å²) in [6, 6.07) is 14.3. The van der Waals surface area contributed by atoms with Crippen LogP contribution in [0.5, 0.6) is 0 Å². The zero-order valence-electron chi connectivity index (χ0n) is 15.4. The van der Waals surface area contributed by atoms with Crippen molar-refractivity contribution in [3.8, 4) is 0 Å². The number of amides is 2. The van der Waals surface area contributed by atoms with Gasteiger partial charge in [-0.15, -0.1) is 0 Å². The van der Waals surface area contributed by atoms with Crippen molar-refractivity contribution in [1.29, 1.82) is 0 Å². The zero-order valence-corrected chi connectivity index (χ0v) is 16.1. The molecule has 142 valence electrons. The van der Waals surface area contributed by atoms with Crippen LogP contribution in [-0.4, -0.2) is 35.8 Å². The molecule has 1 saturated heterocycles. The number of halogens is 1. The fraction of sp³-hybridized carbons (Fsp3) is 0.333. The first-order valence-electron chi connectivity index (χ1n) is 9.23. The molecule has 1 aliphatic rings. The van der Waals surface area contributed by atoms with Crippen LogP contribution in [0.2, 0.25) is 5.02 Å². The Kier molecular flexibility index (Phi) is 6.48. The average molecular weight is 386 g/mol. The van der Waals surface area contributed by atoms with Crippen molar-refractivity contribution < 1.29 is 9.59 Å². The molecule has 0 spiro atoms. The molecule has 0 saturated carbocycles. The zero-order chi connectivity index (χ0) is 19.2. The highest BCUT2D eigenvalue weighted by Crippen LogP contribution is 2.20. The maximum Gasteiger partial charge on any atom is 0.257 e. The van der Waals surface area contributed by atoms with E-state index in [0.717, 1.165) is 19.4 Å². The van der Waals surface area contributed by atoms with Gasteiger partial charge in [-0.05, 0) is 62.7 Å². The summed E-state index contributed by atoms with van der Waals surface area (Å²) in [5.74, 6) is -0.380. The Morgan fingerprint density at radius 2 is 1.81 bits per heavy atom. The van der Waals surface area contributed by atoms with E-state index >= 15 is 0 Å². The summed E-state index contributed by atoms with van der Waals surface area (Å²) < 4.78 is 0. The molecule has 2 amide bonds. The van der Waals surface area contributed by atoms with Crippen molar-refractivity contribution in [2.45, 2.75) is 32.2 Å². The number of nitrogens with one attached hydrogen (secondary N) is 2. The molecular weight excluding hydrogens is 362 g/mol. The van der Waals surface area contributed by atoms with Gasteiger partial charge in [0, 0.05) is 16.8 Å². The van der Waals surface area contributed by atoms with E-state index in [-0.39, 0.29) is 11.8 Å². The van der Waals surface area contributed by atoms with E-state index in [1.807, 2.05) is 0 Å². The lowest BCUT2D eigenvalue weighted by atomic mass is 10.0. The summed E-state index contributed by atoms with van der Waals surface area (Å²) >= 11 is 5.87. The van der Waals surface area contributed by atoms with E-state index in [1.54, 1.807) is 48.5 Å². The van der Waals surface area contributed by atoms with Crippen LogP contribution in [-0.2, 0) is 4.79 Å². The number of para-hydroxylation sites is 1. The quantitative estimate of drug-likeness (QED) is 0.801. The molecule has 2 aromatic carbocycles. The molecule has 6 heteroatoms. The number of anilines is 2. The molecular formula is C21H24ClN3O2. The first-order chi connectivity index (χ1) is 13.0. The Morgan fingerprint density at radius 3 is 2.56 bits per heavy atom. The van der Waals surface area contributed by atoms with Gasteiger partial charge in [0.05, 0.1) is 17.8 Å². The fourth-order valence-corrected chi connectivity index (χ4v) is 3.41. The SMILES string of the molecule is C[C@@H]1CCCCN1CC(=O)Nc1ccccc1C(=O)Nc1ccc(Cl)cc1. The second-order valence-electron chi connectivity index (χ2n) is 6.87. The predicted octanol–water partition coefficient (Wildman–Crippen LogP) is 4.41. The van der Waals surface area contributed by atoms with Crippen LogP contribution < -0.4 is 10.6 Å². The van der Waals surface area contributed by atoms with Crippen LogP contribution in [0.3, 0.4) is 0 Å². The fourth-order valence-electron chi connectivity index (χ4n) is 3.29. The Labute approximate surface area is 164 Å². The monoisotopic (exact) mass is 385 g/mol. The summed E-state index contributed by atoms with van der Waals surface area (Å²) in [4.78, 5) is 27.3. The van der Waals surface area contributed by atoms with Crippen molar-refractivity contribution >= 4 is 34.8 Å². The number of piperidine rings is 1. The molecule has 2 aromatic rings. The van der Waals surface area contributed by atoms with E-state index in [1.165, 1.54) is 6.42 Å². The summed E-state index contributed by atoms with van der Waals surface area (Å²) in [5, 5.41) is 6.32. The van der Waals surface area contributed by atoms with E-state index in [4.69, 9.17) is 11.6 Å². The van der Waals surface area contributed by atoms with Crippen molar-refractivity contribution in [2.75, 3.05) is 23.7 Å². The van der Waals surface area contributed by atoms with Crippen LogP contribution in [0.4, 0.5) is 11.4 Å². The molecule has 0 unspecified atom stereocenters. The van der Waals surface area contributed by atoms with Gasteiger partial charge in [0.1, 0.15) is 0 Å². The number of hydrogen-bond acceptors (Lipinski definition) is 3. The predicted molar refractivity (Wildman–Crippen MR) is 109 cm³/mol. The van der Waals surface area contributed by atoms with Gasteiger partial charge in [-0.1, -0.05) is 30.2 Å². The number of rotatable bonds is 5. The van der Waals surface area contributed by atoms with Gasteiger partial charge in [-0.25, -0.2) is 0 Å². The minimum Gasteiger partial charge on any atom is -0.324 e. The lowest BCUT2D eigenvalue weighted by Crippen LogP contribution is -2.42. The highest BCUT2D eigenvalue weighted by atomic mass is 35.5. The van der Waals surface area contributed by atoms with Crippen molar-refractivity contribution in [3.05, 3.63) is 59.1 Å². The first kappa shape index (κ1) is 19.4. The van der Waals surface area contributed by atoms with E-state index in [0.29, 0.717) is 34.5 Å². The smallest absolute Gasteiger partial charge is 0.257 e. The molecule has 27 heavy (non-hydrogen) atoms. The number of hydrogen-bond donors (Lipinski definition) is 2. The van der Waals surface area contributed by atoms with Gasteiger partial charge in [0.25, 0.3) is 5.91 Å². The van der Waals surface area contributed by atoms with E-state index in [2.05, 4.69) is 22.5 Å². The largest absolute Gasteiger partial charge is 0.324 e. The minimum absolute atomic E-state index is 0.101. The third-order valence-electron chi connectivity index (χ3n) is 4.84. The lowest BCUT2D eigenvalue weighted by molar-refractivity contribution is -0.118. The minimum atomic E-state index is -0.278. The van der Waals surface area contributed by atoms with Crippen LogP contribution in [0.1, 0.15) is 36.5 Å². The number of carbonyl (C=O) groups excluding carboxylic acids is 2. The average Bonchev–Trinajstić information content (AvgIpc) is 2.66. The van der Waals surface area contributed by atoms with Crippen molar-refractivity contribution in [2.24, 2.45) is 0 Å². The third kappa shape index (κ3) is 5.31. The molecule has 1 atom stereocenters. The second-order valence-corrected chi connectivity index (χ2v) is 7.31. The Morgan fingerprint density at radius 1 is 1.07 bits per heavy atom. The van der Waals surface area contributed by atoms with Gasteiger partial charge in [-0.2, -0.15) is 0 Å². The molecule has 1 heterocycles. The summed E-state index contributed by atoms with van der Waals surface area (Å²) in [7, 11) is 0. The van der Waals surface area contributed by atoms with Gasteiger partial charge in [0.15, 0.2) is 0 Å². The van der Waals surface area contributed by atoms with Crippen LogP contribution in [0, 0.1) is 0 Å². The molecule has 0 aromatic heterocycles. The topological polar surface area (TPSA) is 61.4 Å². The number of likely N-dealkylation sites (tertiary alicyclic amines) is 1. The van der Waals surface area contributed by atoms with Gasteiger partial charge >= 0.3 is 0 Å². The highest BCUT2D eigenvalue weighted by molar-refractivity contribution is 6.30. The second kappa shape index (κ2) is 9.02. The highest BCUT2D eigenvalue weighted by Gasteiger charge is 2.21. The van der Waals surface area contributed by atoms with Gasteiger partial charge in [0.2, 0.25) is 5.91 Å². The standard InChI is InChI=1S/C21H24ClN3O2/c1-15-6-4-5-13-25(15)14-20(26)24-19-8-3-2-7-18(19)21(27)23-17-11-9-16(22)10-12-17/h2-3,7-12,15H,4-6,13-14H2,1H3,(H,23,27)(H,24,26)/t15-/m1/s1. The van der Waals surface area contributed by atoms with Crippen LogP contribution in [0.15, 0.2) is 48.5 Å². The van der Waals surface area contributed by atoms with Crippen molar-refractivity contribution in [1.82, 2.24) is 4.90 Å². The number of carbonyl (C=O) groups is 2. The molecule has 1 fully saturated rings. The summed E-state index contributed by atoms with van der Waals surface area (Å²) in [6.45, 7) is 3.43. The molecule has 0 bridgehead atoms. The Bertz CT molecular complexity index is 807. The number of nitrogens with zero attached hydrogens (tertiary/aromatic N) is 1. The normalized spacial score (nSPS) is 17.3. The van der Waals surface area contributed by atoms with Crippen LogP contribution >= 0.6 is 11.6 Å². The molecule has 3 rings (SSSR count). The first-order valence-corrected chi connectivity index (χ1v) is 9.60. The third-order valence-corrected chi connectivity index (χ3v) is 5.09. The molecule has 0 radical (unpaired) electrons. The maximum absolute atomic E-state index is 12.6. The molecule has 2 N–H and O–H groups in total. The van der Waals surface area contributed by atoms with Gasteiger partial charge in [-0.3, -0.25) is 14.5 Å². The number of benzene rings is 2. The van der Waals surface area contributed by atoms with E-state index < -0.39 is 0 Å². The van der Waals surface area contributed by atoms with E-state index in [9.17, 15) is 9.59 Å². The summed E-state index contributed by atoms with van der Waals surface area (Å²) in [6.07, 6.45) is 3.46. The molecule has 5 nitrogen and oxygen atoms in total. The van der Waals surface area contributed by atoms with Crippen LogP contribution in [0.25, 0.3) is 0 Å².